The monoisotopic (exact) mass is 391 g/mol. The Morgan fingerprint density at radius 1 is 1.14 bits per heavy atom. The number of rotatable bonds is 10. The first-order valence-corrected chi connectivity index (χ1v) is 9.25. The number of unbranched alkanes of at least 4 members (excludes halogenated alkanes) is 1. The molecule has 0 saturated carbocycles. The molecule has 4 nitrogen and oxygen atoms in total. The second kappa shape index (κ2) is 12.6. The minimum Gasteiger partial charge on any atom is -0.457 e. The summed E-state index contributed by atoms with van der Waals surface area (Å²) in [6.07, 6.45) is 10.3. The molecular formula is C22H27F2NO3. The molecule has 1 aromatic rings. The van der Waals surface area contributed by atoms with E-state index in [4.69, 9.17) is 4.74 Å². The van der Waals surface area contributed by atoms with Gasteiger partial charge >= 0.3 is 5.97 Å². The summed E-state index contributed by atoms with van der Waals surface area (Å²) in [6, 6.07) is 2.83. The normalized spacial score (nSPS) is 12.1. The fourth-order valence-corrected chi connectivity index (χ4v) is 2.28. The molecule has 0 aliphatic carbocycles. The Morgan fingerprint density at radius 3 is 2.43 bits per heavy atom. The van der Waals surface area contributed by atoms with E-state index in [1.54, 1.807) is 25.2 Å². The fraction of sp³-hybridized carbons (Fsp3) is 0.364. The zero-order valence-electron chi connectivity index (χ0n) is 16.5. The number of hydrogen-bond donors (Lipinski definition) is 1. The van der Waals surface area contributed by atoms with Crippen molar-refractivity contribution in [3.05, 3.63) is 65.4 Å². The zero-order chi connectivity index (χ0) is 20.9. The molecule has 152 valence electrons. The Balaban J connectivity index is 2.88. The number of benzene rings is 1. The van der Waals surface area contributed by atoms with Crippen LogP contribution >= 0.6 is 0 Å². The number of carbonyl (C=O) groups excluding carboxylic acids is 2. The van der Waals surface area contributed by atoms with Crippen LogP contribution in [0.25, 0.3) is 6.08 Å². The average molecular weight is 391 g/mol. The summed E-state index contributed by atoms with van der Waals surface area (Å²) in [5, 5.41) is 2.42. The van der Waals surface area contributed by atoms with Crippen molar-refractivity contribution in [3.63, 3.8) is 0 Å². The van der Waals surface area contributed by atoms with Gasteiger partial charge in [-0.1, -0.05) is 38.5 Å². The highest BCUT2D eigenvalue weighted by molar-refractivity contribution is 6.00. The van der Waals surface area contributed by atoms with Crippen molar-refractivity contribution < 1.29 is 23.1 Å². The van der Waals surface area contributed by atoms with Crippen LogP contribution in [0.5, 0.6) is 0 Å². The van der Waals surface area contributed by atoms with Gasteiger partial charge in [0.15, 0.2) is 0 Å². The third-order valence-corrected chi connectivity index (χ3v) is 3.64. The van der Waals surface area contributed by atoms with E-state index in [9.17, 15) is 18.4 Å². The lowest BCUT2D eigenvalue weighted by Crippen LogP contribution is -2.27. The number of nitrogens with one attached hydrogen (secondary N) is 1. The lowest BCUT2D eigenvalue weighted by atomic mass is 10.1. The molecule has 1 aromatic carbocycles. The van der Waals surface area contributed by atoms with Gasteiger partial charge in [0.05, 0.1) is 0 Å². The van der Waals surface area contributed by atoms with Gasteiger partial charge in [0.25, 0.3) is 0 Å². The molecule has 0 unspecified atom stereocenters. The van der Waals surface area contributed by atoms with E-state index in [0.29, 0.717) is 5.92 Å². The van der Waals surface area contributed by atoms with Gasteiger partial charge < -0.3 is 10.1 Å². The molecule has 0 aliphatic heterocycles. The fourth-order valence-electron chi connectivity index (χ4n) is 2.28. The van der Waals surface area contributed by atoms with Crippen molar-refractivity contribution in [1.29, 1.82) is 0 Å². The number of carbonyl (C=O) groups is 2. The SMILES string of the molecule is C/C=C/COC(=O)/C(=C\c1cc(F)cc(F)c1)NC(=O)/C=C/CCCC(C)C. The second-order valence-corrected chi connectivity index (χ2v) is 6.64. The van der Waals surface area contributed by atoms with Gasteiger partial charge in [0.2, 0.25) is 5.91 Å². The van der Waals surface area contributed by atoms with Crippen LogP contribution in [-0.4, -0.2) is 18.5 Å². The van der Waals surface area contributed by atoms with Crippen LogP contribution in [0.15, 0.2) is 48.2 Å². The van der Waals surface area contributed by atoms with E-state index in [2.05, 4.69) is 19.2 Å². The van der Waals surface area contributed by atoms with Crippen LogP contribution in [0.1, 0.15) is 45.6 Å². The van der Waals surface area contributed by atoms with Crippen molar-refractivity contribution >= 4 is 18.0 Å². The summed E-state index contributed by atoms with van der Waals surface area (Å²) < 4.78 is 31.8. The molecule has 1 amide bonds. The second-order valence-electron chi connectivity index (χ2n) is 6.64. The van der Waals surface area contributed by atoms with Crippen LogP contribution in [0.4, 0.5) is 8.78 Å². The largest absolute Gasteiger partial charge is 0.457 e. The molecule has 6 heteroatoms. The number of amides is 1. The highest BCUT2D eigenvalue weighted by Gasteiger charge is 2.14. The summed E-state index contributed by atoms with van der Waals surface area (Å²) >= 11 is 0. The van der Waals surface area contributed by atoms with E-state index >= 15 is 0 Å². The standard InChI is InChI=1S/C22H27F2NO3/c1-4-5-11-28-22(27)20(14-17-12-18(23)15-19(24)13-17)25-21(26)10-8-6-7-9-16(2)3/h4-5,8,10,12-16H,6-7,9,11H2,1-3H3,(H,25,26)/b5-4+,10-8+,20-14+. The molecule has 0 heterocycles. The maximum atomic E-state index is 13.4. The van der Waals surface area contributed by atoms with Crippen LogP contribution in [0.2, 0.25) is 0 Å². The van der Waals surface area contributed by atoms with E-state index in [1.807, 2.05) is 0 Å². The average Bonchev–Trinajstić information content (AvgIpc) is 2.59. The minimum atomic E-state index is -0.802. The first-order chi connectivity index (χ1) is 13.3. The Kier molecular flexibility index (Phi) is 10.5. The summed E-state index contributed by atoms with van der Waals surface area (Å²) in [4.78, 5) is 24.3. The first-order valence-electron chi connectivity index (χ1n) is 9.25. The van der Waals surface area contributed by atoms with Crippen molar-refractivity contribution in [1.82, 2.24) is 5.32 Å². The molecule has 0 atom stereocenters. The summed E-state index contributed by atoms with van der Waals surface area (Å²) in [5.74, 6) is -2.30. The molecule has 0 fully saturated rings. The van der Waals surface area contributed by atoms with Gasteiger partial charge in [0, 0.05) is 6.07 Å². The van der Waals surface area contributed by atoms with Gasteiger partial charge in [-0.25, -0.2) is 13.6 Å². The molecule has 1 rings (SSSR count). The predicted molar refractivity (Wildman–Crippen MR) is 106 cm³/mol. The van der Waals surface area contributed by atoms with Gasteiger partial charge in [-0.3, -0.25) is 4.79 Å². The lowest BCUT2D eigenvalue weighted by Gasteiger charge is -2.08. The number of halogens is 2. The van der Waals surface area contributed by atoms with Crippen LogP contribution in [0.3, 0.4) is 0 Å². The minimum absolute atomic E-state index is 0.0189. The van der Waals surface area contributed by atoms with Crippen molar-refractivity contribution in [2.75, 3.05) is 6.61 Å². The van der Waals surface area contributed by atoms with E-state index in [0.717, 1.165) is 37.5 Å². The molecule has 0 aromatic heterocycles. The first kappa shape index (κ1) is 23.3. The van der Waals surface area contributed by atoms with Gasteiger partial charge in [-0.15, -0.1) is 0 Å². The Bertz CT molecular complexity index is 732. The lowest BCUT2D eigenvalue weighted by molar-refractivity contribution is -0.139. The zero-order valence-corrected chi connectivity index (χ0v) is 16.5. The maximum Gasteiger partial charge on any atom is 0.355 e. The Labute approximate surface area is 165 Å². The predicted octanol–water partition coefficient (Wildman–Crippen LogP) is 4.92. The molecule has 0 bridgehead atoms. The molecule has 0 aliphatic rings. The van der Waals surface area contributed by atoms with E-state index in [1.165, 1.54) is 12.2 Å². The molecule has 28 heavy (non-hydrogen) atoms. The van der Waals surface area contributed by atoms with Crippen LogP contribution in [-0.2, 0) is 14.3 Å². The highest BCUT2D eigenvalue weighted by Crippen LogP contribution is 2.12. The van der Waals surface area contributed by atoms with Crippen molar-refractivity contribution in [2.24, 2.45) is 5.92 Å². The highest BCUT2D eigenvalue weighted by atomic mass is 19.1. The quantitative estimate of drug-likeness (QED) is 0.266. The molecule has 0 saturated heterocycles. The number of allylic oxidation sites excluding steroid dienone is 2. The van der Waals surface area contributed by atoms with Gasteiger partial charge in [0.1, 0.15) is 23.9 Å². The smallest absolute Gasteiger partial charge is 0.355 e. The molecule has 0 spiro atoms. The summed E-state index contributed by atoms with van der Waals surface area (Å²) in [7, 11) is 0. The maximum absolute atomic E-state index is 13.4. The van der Waals surface area contributed by atoms with E-state index in [-0.39, 0.29) is 17.9 Å². The molecular weight excluding hydrogens is 364 g/mol. The van der Waals surface area contributed by atoms with Crippen molar-refractivity contribution in [3.8, 4) is 0 Å². The van der Waals surface area contributed by atoms with Gasteiger partial charge in [-0.05, 0) is 55.5 Å². The third-order valence-electron chi connectivity index (χ3n) is 3.64. The molecule has 1 N–H and O–H groups in total. The van der Waals surface area contributed by atoms with Gasteiger partial charge in [-0.2, -0.15) is 0 Å². The summed E-state index contributed by atoms with van der Waals surface area (Å²) in [5.41, 5.74) is -0.108. The molecule has 0 radical (unpaired) electrons. The Morgan fingerprint density at radius 2 is 1.82 bits per heavy atom. The van der Waals surface area contributed by atoms with Crippen LogP contribution < -0.4 is 5.32 Å². The van der Waals surface area contributed by atoms with Crippen LogP contribution in [0, 0.1) is 17.6 Å². The van der Waals surface area contributed by atoms with E-state index < -0.39 is 23.5 Å². The number of ether oxygens (including phenoxy) is 1. The topological polar surface area (TPSA) is 55.4 Å². The Hall–Kier alpha value is -2.76. The number of hydrogen-bond acceptors (Lipinski definition) is 3. The third kappa shape index (κ3) is 9.80. The number of esters is 1. The van der Waals surface area contributed by atoms with Crippen molar-refractivity contribution in [2.45, 2.75) is 40.0 Å². The summed E-state index contributed by atoms with van der Waals surface area (Å²) in [6.45, 7) is 6.04.